The fraction of sp³-hybridized carbons (Fsp3) is 1.00. The number of nitrogens with zero attached hydrogens (tertiary/aromatic N) is 1. The predicted octanol–water partition coefficient (Wildman–Crippen LogP) is 2.49. The molecular weight excluding hydrogens is 184 g/mol. The molecule has 1 fully saturated rings. The van der Waals surface area contributed by atoms with E-state index in [-0.39, 0.29) is 0 Å². The Balaban J connectivity index is 2.29. The second-order valence-corrected chi connectivity index (χ2v) is 5.21. The van der Waals surface area contributed by atoms with Crippen molar-refractivity contribution in [2.45, 2.75) is 59.0 Å². The zero-order valence-corrected chi connectivity index (χ0v) is 10.9. The van der Waals surface area contributed by atoms with Crippen molar-refractivity contribution in [3.63, 3.8) is 0 Å². The normalized spacial score (nSPS) is 30.4. The van der Waals surface area contributed by atoms with Crippen molar-refractivity contribution < 1.29 is 0 Å². The molecule has 3 atom stereocenters. The summed E-state index contributed by atoms with van der Waals surface area (Å²) in [7, 11) is 0. The van der Waals surface area contributed by atoms with Gasteiger partial charge in [-0.25, -0.2) is 0 Å². The van der Waals surface area contributed by atoms with Crippen molar-refractivity contribution in [1.29, 1.82) is 0 Å². The number of likely N-dealkylation sites (tertiary alicyclic amines) is 1. The third-order valence-electron chi connectivity index (χ3n) is 3.76. The molecule has 1 heterocycles. The van der Waals surface area contributed by atoms with Gasteiger partial charge in [-0.3, -0.25) is 4.90 Å². The Hall–Kier alpha value is -0.0800. The van der Waals surface area contributed by atoms with Gasteiger partial charge in [0.25, 0.3) is 0 Å². The second kappa shape index (κ2) is 6.49. The third-order valence-corrected chi connectivity index (χ3v) is 3.76. The van der Waals surface area contributed by atoms with E-state index in [4.69, 9.17) is 0 Å². The Kier molecular flexibility index (Phi) is 5.62. The van der Waals surface area contributed by atoms with Gasteiger partial charge in [0.05, 0.1) is 0 Å². The monoisotopic (exact) mass is 212 g/mol. The number of rotatable bonds is 5. The van der Waals surface area contributed by atoms with Crippen LogP contribution in [-0.2, 0) is 0 Å². The van der Waals surface area contributed by atoms with Crippen LogP contribution in [0.1, 0.15) is 47.0 Å². The number of hydrogen-bond acceptors (Lipinski definition) is 2. The molecule has 0 saturated carbocycles. The molecule has 15 heavy (non-hydrogen) atoms. The first-order valence-corrected chi connectivity index (χ1v) is 6.62. The molecule has 1 saturated heterocycles. The van der Waals surface area contributed by atoms with Crippen LogP contribution >= 0.6 is 0 Å². The molecule has 3 unspecified atom stereocenters. The highest BCUT2D eigenvalue weighted by molar-refractivity contribution is 4.80. The Morgan fingerprint density at radius 3 is 2.80 bits per heavy atom. The van der Waals surface area contributed by atoms with E-state index in [1.807, 2.05) is 0 Å². The maximum absolute atomic E-state index is 3.57. The van der Waals surface area contributed by atoms with E-state index >= 15 is 0 Å². The van der Waals surface area contributed by atoms with E-state index < -0.39 is 0 Å². The van der Waals surface area contributed by atoms with E-state index in [0.29, 0.717) is 6.04 Å². The van der Waals surface area contributed by atoms with Gasteiger partial charge >= 0.3 is 0 Å². The third kappa shape index (κ3) is 4.12. The average Bonchev–Trinajstić information content (AvgIpc) is 2.22. The van der Waals surface area contributed by atoms with Crippen LogP contribution in [0, 0.1) is 5.92 Å². The summed E-state index contributed by atoms with van der Waals surface area (Å²) < 4.78 is 0. The van der Waals surface area contributed by atoms with Crippen molar-refractivity contribution in [2.24, 2.45) is 5.92 Å². The SMILES string of the molecule is CCCNC(C)CN1CCCC(C)C1C. The van der Waals surface area contributed by atoms with Crippen molar-refractivity contribution in [1.82, 2.24) is 10.2 Å². The van der Waals surface area contributed by atoms with E-state index in [0.717, 1.165) is 18.5 Å². The highest BCUT2D eigenvalue weighted by Gasteiger charge is 2.25. The molecule has 0 amide bonds. The topological polar surface area (TPSA) is 15.3 Å². The van der Waals surface area contributed by atoms with Crippen molar-refractivity contribution in [3.05, 3.63) is 0 Å². The maximum Gasteiger partial charge on any atom is 0.0166 e. The van der Waals surface area contributed by atoms with Gasteiger partial charge in [-0.15, -0.1) is 0 Å². The van der Waals surface area contributed by atoms with Crippen molar-refractivity contribution in [3.8, 4) is 0 Å². The minimum absolute atomic E-state index is 0.637. The molecule has 0 bridgehead atoms. The van der Waals surface area contributed by atoms with Gasteiger partial charge in [-0.05, 0) is 52.1 Å². The molecule has 0 aliphatic carbocycles. The van der Waals surface area contributed by atoms with Crippen molar-refractivity contribution >= 4 is 0 Å². The lowest BCUT2D eigenvalue weighted by Crippen LogP contribution is -2.48. The Bertz CT molecular complexity index is 170. The summed E-state index contributed by atoms with van der Waals surface area (Å²) in [4.78, 5) is 2.65. The lowest BCUT2D eigenvalue weighted by Gasteiger charge is -2.39. The van der Waals surface area contributed by atoms with Crippen LogP contribution in [0.25, 0.3) is 0 Å². The summed E-state index contributed by atoms with van der Waals surface area (Å²) in [5.74, 6) is 0.872. The van der Waals surface area contributed by atoms with Crippen LogP contribution in [-0.4, -0.2) is 36.6 Å². The molecule has 0 radical (unpaired) electrons. The quantitative estimate of drug-likeness (QED) is 0.753. The molecule has 2 heteroatoms. The lowest BCUT2D eigenvalue weighted by molar-refractivity contribution is 0.104. The van der Waals surface area contributed by atoms with Gasteiger partial charge in [0, 0.05) is 18.6 Å². The van der Waals surface area contributed by atoms with Gasteiger partial charge in [0.2, 0.25) is 0 Å². The standard InChI is InChI=1S/C13H28N2/c1-5-8-14-12(3)10-15-9-6-7-11(2)13(15)4/h11-14H,5-10H2,1-4H3. The zero-order valence-electron chi connectivity index (χ0n) is 10.9. The summed E-state index contributed by atoms with van der Waals surface area (Å²) in [6.07, 6.45) is 4.02. The molecule has 1 N–H and O–H groups in total. The maximum atomic E-state index is 3.57. The summed E-state index contributed by atoms with van der Waals surface area (Å²) in [5.41, 5.74) is 0. The van der Waals surface area contributed by atoms with Gasteiger partial charge in [0.1, 0.15) is 0 Å². The van der Waals surface area contributed by atoms with Crippen molar-refractivity contribution in [2.75, 3.05) is 19.6 Å². The van der Waals surface area contributed by atoms with Crippen LogP contribution in [0.15, 0.2) is 0 Å². The lowest BCUT2D eigenvalue weighted by atomic mass is 9.92. The van der Waals surface area contributed by atoms with Crippen LogP contribution in [0.5, 0.6) is 0 Å². The van der Waals surface area contributed by atoms with E-state index in [1.54, 1.807) is 0 Å². The molecule has 0 spiro atoms. The summed E-state index contributed by atoms with van der Waals surface area (Å²) in [6.45, 7) is 13.0. The Labute approximate surface area is 95.4 Å². The van der Waals surface area contributed by atoms with E-state index in [9.17, 15) is 0 Å². The van der Waals surface area contributed by atoms with Crippen LogP contribution in [0.2, 0.25) is 0 Å². The average molecular weight is 212 g/mol. The molecule has 0 aromatic rings. The Morgan fingerprint density at radius 2 is 2.13 bits per heavy atom. The molecule has 0 aromatic heterocycles. The molecule has 1 aliphatic heterocycles. The first-order valence-electron chi connectivity index (χ1n) is 6.62. The van der Waals surface area contributed by atoms with Crippen LogP contribution < -0.4 is 5.32 Å². The smallest absolute Gasteiger partial charge is 0.0166 e. The highest BCUT2D eigenvalue weighted by Crippen LogP contribution is 2.22. The minimum Gasteiger partial charge on any atom is -0.313 e. The van der Waals surface area contributed by atoms with Gasteiger partial charge in [-0.2, -0.15) is 0 Å². The largest absolute Gasteiger partial charge is 0.313 e. The molecule has 0 aromatic carbocycles. The molecule has 1 aliphatic rings. The zero-order chi connectivity index (χ0) is 11.3. The first-order chi connectivity index (χ1) is 7.15. The van der Waals surface area contributed by atoms with Gasteiger partial charge in [0.15, 0.2) is 0 Å². The highest BCUT2D eigenvalue weighted by atomic mass is 15.2. The molecule has 2 nitrogen and oxygen atoms in total. The molecule has 1 rings (SSSR count). The molecular formula is C13H28N2. The van der Waals surface area contributed by atoms with Crippen LogP contribution in [0.3, 0.4) is 0 Å². The van der Waals surface area contributed by atoms with E-state index in [2.05, 4.69) is 37.9 Å². The summed E-state index contributed by atoms with van der Waals surface area (Å²) in [5, 5.41) is 3.57. The minimum atomic E-state index is 0.637. The number of piperidine rings is 1. The van der Waals surface area contributed by atoms with Gasteiger partial charge < -0.3 is 5.32 Å². The predicted molar refractivity (Wildman–Crippen MR) is 67.2 cm³/mol. The van der Waals surface area contributed by atoms with E-state index in [1.165, 1.54) is 32.4 Å². The Morgan fingerprint density at radius 1 is 1.40 bits per heavy atom. The summed E-state index contributed by atoms with van der Waals surface area (Å²) in [6, 6.07) is 1.40. The summed E-state index contributed by atoms with van der Waals surface area (Å²) >= 11 is 0. The second-order valence-electron chi connectivity index (χ2n) is 5.21. The number of nitrogens with one attached hydrogen (secondary N) is 1. The van der Waals surface area contributed by atoms with Crippen LogP contribution in [0.4, 0.5) is 0 Å². The number of hydrogen-bond donors (Lipinski definition) is 1. The molecule has 90 valence electrons. The fourth-order valence-corrected chi connectivity index (χ4v) is 2.49. The fourth-order valence-electron chi connectivity index (χ4n) is 2.49. The van der Waals surface area contributed by atoms with Gasteiger partial charge in [-0.1, -0.05) is 13.8 Å². The first kappa shape index (κ1) is 13.0.